The summed E-state index contributed by atoms with van der Waals surface area (Å²) in [6, 6.07) is 3.58. The topological polar surface area (TPSA) is 109 Å². The van der Waals surface area contributed by atoms with Gasteiger partial charge in [-0.2, -0.15) is 4.98 Å². The first-order chi connectivity index (χ1) is 20.4. The summed E-state index contributed by atoms with van der Waals surface area (Å²) < 4.78 is 12.9. The van der Waals surface area contributed by atoms with Crippen LogP contribution in [0.4, 0.5) is 17.3 Å². The Balaban J connectivity index is 1.45. The number of rotatable bonds is 11. The van der Waals surface area contributed by atoms with Gasteiger partial charge in [-0.25, -0.2) is 9.97 Å². The number of fused-ring (bicyclic) bond motifs is 3. The number of halogens is 2. The van der Waals surface area contributed by atoms with Crippen molar-refractivity contribution in [3.63, 3.8) is 0 Å². The first-order valence-electron chi connectivity index (χ1n) is 13.8. The van der Waals surface area contributed by atoms with Crippen LogP contribution in [0, 0.1) is 0 Å². The molecule has 0 radical (unpaired) electrons. The standard InChI is InChI=1S/C29H34Cl2N8O3/c1-5-23(40)38-12-10-37(11-13-38)9-7-8-19-17-39-27-18(16-33-29(36-27)32-6-2)14-20(28(39)34-19)35-26-24(30)21(41-3)15-22(42-4)25(26)31/h5,14-17,35H,1,6-13H2,2-4H3,(H,32,33,36). The lowest BCUT2D eigenvalue weighted by atomic mass is 10.2. The second-order valence-electron chi connectivity index (χ2n) is 9.87. The second kappa shape index (κ2) is 13.0. The van der Waals surface area contributed by atoms with E-state index in [4.69, 9.17) is 42.6 Å². The first kappa shape index (κ1) is 29.7. The Morgan fingerprint density at radius 2 is 1.79 bits per heavy atom. The molecule has 5 rings (SSSR count). The Bertz CT molecular complexity index is 1590. The third-order valence-corrected chi connectivity index (χ3v) is 8.01. The monoisotopic (exact) mass is 612 g/mol. The Morgan fingerprint density at radius 3 is 2.43 bits per heavy atom. The summed E-state index contributed by atoms with van der Waals surface area (Å²) in [5, 5.41) is 8.01. The average Bonchev–Trinajstić information content (AvgIpc) is 3.44. The molecule has 222 valence electrons. The van der Waals surface area contributed by atoms with Crippen molar-refractivity contribution in [3.8, 4) is 11.5 Å². The van der Waals surface area contributed by atoms with E-state index in [0.717, 1.165) is 49.2 Å². The van der Waals surface area contributed by atoms with Crippen LogP contribution in [0.3, 0.4) is 0 Å². The van der Waals surface area contributed by atoms with E-state index in [1.54, 1.807) is 12.3 Å². The molecule has 4 aromatic rings. The van der Waals surface area contributed by atoms with Gasteiger partial charge in [-0.05, 0) is 38.5 Å². The number of nitrogens with zero attached hydrogens (tertiary/aromatic N) is 6. The number of aromatic nitrogens is 4. The molecule has 4 heterocycles. The van der Waals surface area contributed by atoms with Gasteiger partial charge >= 0.3 is 0 Å². The van der Waals surface area contributed by atoms with Gasteiger partial charge in [0.15, 0.2) is 11.3 Å². The predicted molar refractivity (Wildman–Crippen MR) is 167 cm³/mol. The fraction of sp³-hybridized carbons (Fsp3) is 0.379. The highest BCUT2D eigenvalue weighted by atomic mass is 35.5. The number of amides is 1. The highest BCUT2D eigenvalue weighted by Crippen LogP contribution is 2.45. The van der Waals surface area contributed by atoms with E-state index in [9.17, 15) is 4.79 Å². The molecule has 1 fully saturated rings. The van der Waals surface area contributed by atoms with Crippen LogP contribution in [0.15, 0.2) is 37.2 Å². The molecule has 42 heavy (non-hydrogen) atoms. The van der Waals surface area contributed by atoms with E-state index in [1.165, 1.54) is 20.3 Å². The zero-order valence-electron chi connectivity index (χ0n) is 23.9. The minimum absolute atomic E-state index is 0.00735. The third kappa shape index (κ3) is 6.04. The van der Waals surface area contributed by atoms with Crippen molar-refractivity contribution in [2.24, 2.45) is 0 Å². The number of aryl methyl sites for hydroxylation is 1. The van der Waals surface area contributed by atoms with Crippen LogP contribution < -0.4 is 20.1 Å². The third-order valence-electron chi connectivity index (χ3n) is 7.25. The van der Waals surface area contributed by atoms with Crippen molar-refractivity contribution in [1.82, 2.24) is 29.2 Å². The van der Waals surface area contributed by atoms with E-state index < -0.39 is 0 Å². The fourth-order valence-corrected chi connectivity index (χ4v) is 5.66. The number of hydrogen-bond donors (Lipinski definition) is 2. The summed E-state index contributed by atoms with van der Waals surface area (Å²) >= 11 is 13.4. The van der Waals surface area contributed by atoms with Gasteiger partial charge in [0.05, 0.1) is 31.3 Å². The number of hydrogen-bond acceptors (Lipinski definition) is 9. The zero-order valence-corrected chi connectivity index (χ0v) is 25.4. The van der Waals surface area contributed by atoms with E-state index >= 15 is 0 Å². The lowest BCUT2D eigenvalue weighted by Gasteiger charge is -2.34. The second-order valence-corrected chi connectivity index (χ2v) is 10.6. The van der Waals surface area contributed by atoms with Gasteiger partial charge in [0.1, 0.15) is 21.5 Å². The van der Waals surface area contributed by atoms with Crippen molar-refractivity contribution in [1.29, 1.82) is 0 Å². The van der Waals surface area contributed by atoms with Gasteiger partial charge in [0.25, 0.3) is 0 Å². The Morgan fingerprint density at radius 1 is 1.07 bits per heavy atom. The van der Waals surface area contributed by atoms with Crippen LogP contribution in [-0.2, 0) is 11.2 Å². The minimum Gasteiger partial charge on any atom is -0.495 e. The number of carbonyl (C=O) groups excluding carboxylic acids is 1. The van der Waals surface area contributed by atoms with Gasteiger partial charge < -0.3 is 25.0 Å². The van der Waals surface area contributed by atoms with Gasteiger partial charge in [0.2, 0.25) is 11.9 Å². The Labute approximate surface area is 254 Å². The summed E-state index contributed by atoms with van der Waals surface area (Å²) in [7, 11) is 3.07. The SMILES string of the molecule is C=CC(=O)N1CCN(CCCc2cn3c(n2)c(Nc2c(Cl)c(OC)cc(OC)c2Cl)cc2cnc(NCC)nc23)CC1. The van der Waals surface area contributed by atoms with E-state index in [1.807, 2.05) is 28.5 Å². The highest BCUT2D eigenvalue weighted by molar-refractivity contribution is 6.41. The molecule has 1 aromatic carbocycles. The average molecular weight is 614 g/mol. The molecule has 3 aromatic heterocycles. The molecule has 1 saturated heterocycles. The van der Waals surface area contributed by atoms with Crippen molar-refractivity contribution >= 4 is 63.1 Å². The maximum atomic E-state index is 11.9. The van der Waals surface area contributed by atoms with Gasteiger partial charge in [-0.3, -0.25) is 14.1 Å². The zero-order chi connectivity index (χ0) is 29.8. The maximum absolute atomic E-state index is 11.9. The molecule has 0 bridgehead atoms. The number of pyridine rings is 1. The van der Waals surface area contributed by atoms with Crippen LogP contribution in [0.25, 0.3) is 16.7 Å². The number of imidazole rings is 1. The molecule has 13 heteroatoms. The number of benzene rings is 1. The number of anilines is 3. The number of piperazine rings is 1. The smallest absolute Gasteiger partial charge is 0.246 e. The molecule has 11 nitrogen and oxygen atoms in total. The van der Waals surface area contributed by atoms with Crippen molar-refractivity contribution < 1.29 is 14.3 Å². The Hall–Kier alpha value is -3.80. The summed E-state index contributed by atoms with van der Waals surface area (Å²) in [6.07, 6.45) is 6.86. The quantitative estimate of drug-likeness (QED) is 0.225. The molecule has 0 unspecified atom stereocenters. The molecular formula is C29H34Cl2N8O3. The predicted octanol–water partition coefficient (Wildman–Crippen LogP) is 5.04. The van der Waals surface area contributed by atoms with Crippen molar-refractivity contribution in [2.75, 3.05) is 64.1 Å². The summed E-state index contributed by atoms with van der Waals surface area (Å²) in [5.74, 6) is 1.39. The Kier molecular flexibility index (Phi) is 9.20. The molecular weight excluding hydrogens is 579 g/mol. The molecule has 1 aliphatic heterocycles. The lowest BCUT2D eigenvalue weighted by molar-refractivity contribution is -0.127. The molecule has 1 aliphatic rings. The lowest BCUT2D eigenvalue weighted by Crippen LogP contribution is -2.48. The number of ether oxygens (including phenoxy) is 2. The number of carbonyl (C=O) groups is 1. The van der Waals surface area contributed by atoms with Crippen molar-refractivity contribution in [2.45, 2.75) is 19.8 Å². The van der Waals surface area contributed by atoms with Crippen LogP contribution in [0.5, 0.6) is 11.5 Å². The van der Waals surface area contributed by atoms with Crippen LogP contribution in [0.2, 0.25) is 10.0 Å². The molecule has 0 saturated carbocycles. The van der Waals surface area contributed by atoms with Crippen LogP contribution >= 0.6 is 23.2 Å². The minimum atomic E-state index is -0.00735. The first-order valence-corrected chi connectivity index (χ1v) is 14.5. The maximum Gasteiger partial charge on any atom is 0.246 e. The van der Waals surface area contributed by atoms with Crippen molar-refractivity contribution in [3.05, 3.63) is 52.9 Å². The van der Waals surface area contributed by atoms with Crippen LogP contribution in [-0.4, -0.2) is 88.5 Å². The van der Waals surface area contributed by atoms with Gasteiger partial charge in [-0.15, -0.1) is 0 Å². The van der Waals surface area contributed by atoms with E-state index in [-0.39, 0.29) is 5.91 Å². The molecule has 0 spiro atoms. The van der Waals surface area contributed by atoms with Gasteiger partial charge in [-0.1, -0.05) is 29.8 Å². The number of nitrogens with one attached hydrogen (secondary N) is 2. The summed E-state index contributed by atoms with van der Waals surface area (Å²) in [6.45, 7) is 10.3. The number of methoxy groups -OCH3 is 2. The van der Waals surface area contributed by atoms with E-state index in [0.29, 0.717) is 64.1 Å². The van der Waals surface area contributed by atoms with Gasteiger partial charge in [0, 0.05) is 56.6 Å². The normalized spacial score (nSPS) is 13.9. The summed E-state index contributed by atoms with van der Waals surface area (Å²) in [4.78, 5) is 30.3. The van der Waals surface area contributed by atoms with E-state index in [2.05, 4.69) is 27.1 Å². The molecule has 0 aliphatic carbocycles. The largest absolute Gasteiger partial charge is 0.495 e. The highest BCUT2D eigenvalue weighted by Gasteiger charge is 2.21. The fourth-order valence-electron chi connectivity index (χ4n) is 5.07. The molecule has 2 N–H and O–H groups in total. The summed E-state index contributed by atoms with van der Waals surface area (Å²) in [5.41, 5.74) is 3.44. The molecule has 0 atom stereocenters. The molecule has 1 amide bonds. The van der Waals surface area contributed by atoms with Crippen LogP contribution in [0.1, 0.15) is 19.0 Å².